The molecule has 1 heterocycles. The molecule has 0 unspecified atom stereocenters. The zero-order chi connectivity index (χ0) is 14.9. The van der Waals surface area contributed by atoms with Crippen molar-refractivity contribution in [2.45, 2.75) is 38.6 Å². The molecular formula is C14H19N3O2S. The van der Waals surface area contributed by atoms with Crippen LogP contribution in [0.2, 0.25) is 0 Å². The van der Waals surface area contributed by atoms with Gasteiger partial charge in [0.05, 0.1) is 5.69 Å². The summed E-state index contributed by atoms with van der Waals surface area (Å²) in [4.78, 5) is 0.215. The van der Waals surface area contributed by atoms with Crippen molar-refractivity contribution < 1.29 is 8.42 Å². The Labute approximate surface area is 119 Å². The highest BCUT2D eigenvalue weighted by Crippen LogP contribution is 2.20. The number of hydrogen-bond acceptors (Lipinski definition) is 3. The zero-order valence-corrected chi connectivity index (χ0v) is 12.9. The molecule has 20 heavy (non-hydrogen) atoms. The van der Waals surface area contributed by atoms with E-state index in [4.69, 9.17) is 0 Å². The van der Waals surface area contributed by atoms with E-state index in [1.165, 1.54) is 0 Å². The molecular weight excluding hydrogens is 274 g/mol. The smallest absolute Gasteiger partial charge is 0.265 e. The highest BCUT2D eigenvalue weighted by molar-refractivity contribution is 7.92. The quantitative estimate of drug-likeness (QED) is 0.942. The first-order valence-electron chi connectivity index (χ1n) is 6.45. The number of benzene rings is 1. The van der Waals surface area contributed by atoms with Crippen LogP contribution in [0.1, 0.15) is 31.1 Å². The van der Waals surface area contributed by atoms with Gasteiger partial charge in [0.15, 0.2) is 0 Å². The van der Waals surface area contributed by atoms with Crippen LogP contribution in [0.4, 0.5) is 5.69 Å². The maximum Gasteiger partial charge on any atom is 0.265 e. The van der Waals surface area contributed by atoms with E-state index >= 15 is 0 Å². The molecule has 108 valence electrons. The lowest BCUT2D eigenvalue weighted by Crippen LogP contribution is -2.13. The third kappa shape index (κ3) is 3.01. The van der Waals surface area contributed by atoms with Gasteiger partial charge < -0.3 is 0 Å². The average molecular weight is 293 g/mol. The van der Waals surface area contributed by atoms with Gasteiger partial charge in [-0.3, -0.25) is 9.40 Å². The number of rotatable bonds is 4. The highest BCUT2D eigenvalue weighted by Gasteiger charge is 2.21. The molecule has 0 amide bonds. The van der Waals surface area contributed by atoms with Crippen molar-refractivity contribution in [3.63, 3.8) is 0 Å². The second kappa shape index (κ2) is 5.28. The highest BCUT2D eigenvalue weighted by atomic mass is 32.2. The molecule has 0 aliphatic heterocycles. The fraction of sp³-hybridized carbons (Fsp3) is 0.357. The van der Waals surface area contributed by atoms with Crippen LogP contribution in [-0.2, 0) is 10.0 Å². The van der Waals surface area contributed by atoms with Gasteiger partial charge in [-0.15, -0.1) is 0 Å². The largest absolute Gasteiger partial charge is 0.280 e. The van der Waals surface area contributed by atoms with E-state index in [2.05, 4.69) is 9.82 Å². The minimum atomic E-state index is -3.60. The predicted molar refractivity (Wildman–Crippen MR) is 79.3 cm³/mol. The fourth-order valence-electron chi connectivity index (χ4n) is 1.83. The average Bonchev–Trinajstić information content (AvgIpc) is 2.75. The summed E-state index contributed by atoms with van der Waals surface area (Å²) in [6.07, 6.45) is 1.57. The number of anilines is 1. The summed E-state index contributed by atoms with van der Waals surface area (Å²) in [5, 5.41) is 4.23. The summed E-state index contributed by atoms with van der Waals surface area (Å²) in [5.74, 6) is 0. The molecule has 0 atom stereocenters. The van der Waals surface area contributed by atoms with Gasteiger partial charge in [-0.1, -0.05) is 17.7 Å². The zero-order valence-electron chi connectivity index (χ0n) is 12.1. The first-order chi connectivity index (χ1) is 9.29. The van der Waals surface area contributed by atoms with Gasteiger partial charge in [0.2, 0.25) is 0 Å². The Kier molecular flexibility index (Phi) is 3.85. The Balaban J connectivity index is 2.33. The summed E-state index contributed by atoms with van der Waals surface area (Å²) in [7, 11) is -3.60. The third-order valence-corrected chi connectivity index (χ3v) is 4.48. The lowest BCUT2D eigenvalue weighted by Gasteiger charge is -2.07. The van der Waals surface area contributed by atoms with E-state index in [9.17, 15) is 8.42 Å². The molecule has 0 aliphatic rings. The molecule has 0 aliphatic carbocycles. The molecule has 6 heteroatoms. The van der Waals surface area contributed by atoms with Gasteiger partial charge in [-0.05, 0) is 39.8 Å². The van der Waals surface area contributed by atoms with E-state index in [-0.39, 0.29) is 10.9 Å². The van der Waals surface area contributed by atoms with E-state index in [0.29, 0.717) is 11.4 Å². The topological polar surface area (TPSA) is 64.0 Å². The maximum atomic E-state index is 12.4. The number of aromatic nitrogens is 2. The van der Waals surface area contributed by atoms with E-state index < -0.39 is 10.0 Å². The number of nitrogens with one attached hydrogen (secondary N) is 1. The summed E-state index contributed by atoms with van der Waals surface area (Å²) < 4.78 is 29.0. The van der Waals surface area contributed by atoms with Crippen LogP contribution in [0.25, 0.3) is 0 Å². The van der Waals surface area contributed by atoms with Gasteiger partial charge >= 0.3 is 0 Å². The predicted octanol–water partition coefficient (Wildman–Crippen LogP) is 2.88. The molecule has 0 spiro atoms. The first-order valence-corrected chi connectivity index (χ1v) is 7.93. The number of nitrogens with zero attached hydrogens (tertiary/aromatic N) is 2. The molecule has 1 N–H and O–H groups in total. The Morgan fingerprint density at radius 1 is 1.15 bits per heavy atom. The summed E-state index contributed by atoms with van der Waals surface area (Å²) in [6, 6.07) is 7.34. The van der Waals surface area contributed by atoms with E-state index in [1.54, 1.807) is 29.9 Å². The fourth-order valence-corrected chi connectivity index (χ4v) is 3.06. The molecule has 2 rings (SSSR count). The molecule has 1 aromatic heterocycles. The maximum absolute atomic E-state index is 12.4. The lowest BCUT2D eigenvalue weighted by atomic mass is 10.2. The Morgan fingerprint density at radius 3 is 2.25 bits per heavy atom. The summed E-state index contributed by atoms with van der Waals surface area (Å²) >= 11 is 0. The van der Waals surface area contributed by atoms with Crippen molar-refractivity contribution in [3.05, 3.63) is 41.7 Å². The van der Waals surface area contributed by atoms with Gasteiger partial charge in [0.1, 0.15) is 4.90 Å². The summed E-state index contributed by atoms with van der Waals surface area (Å²) in [5.41, 5.74) is 2.13. The van der Waals surface area contributed by atoms with E-state index in [0.717, 1.165) is 5.56 Å². The molecule has 0 saturated carbocycles. The standard InChI is InChI=1S/C14H19N3O2S/c1-10(2)17-9-14(12(4)15-17)20(18,19)16-13-7-5-11(3)6-8-13/h5-10,16H,1-4H3. The SMILES string of the molecule is Cc1ccc(NS(=O)(=O)c2cn(C(C)C)nc2C)cc1. The van der Waals surface area contributed by atoms with Crippen molar-refractivity contribution in [2.24, 2.45) is 0 Å². The van der Waals surface area contributed by atoms with Crippen molar-refractivity contribution >= 4 is 15.7 Å². The number of aryl methyl sites for hydroxylation is 2. The number of hydrogen-bond donors (Lipinski definition) is 1. The molecule has 5 nitrogen and oxygen atoms in total. The third-order valence-electron chi connectivity index (χ3n) is 2.99. The van der Waals surface area contributed by atoms with Gasteiger partial charge in [-0.25, -0.2) is 8.42 Å². The van der Waals surface area contributed by atoms with Gasteiger partial charge in [0, 0.05) is 17.9 Å². The van der Waals surface area contributed by atoms with Crippen molar-refractivity contribution in [1.82, 2.24) is 9.78 Å². The normalized spacial score (nSPS) is 11.8. The Morgan fingerprint density at radius 2 is 1.75 bits per heavy atom. The van der Waals surface area contributed by atoms with Crippen LogP contribution in [-0.4, -0.2) is 18.2 Å². The van der Waals surface area contributed by atoms with E-state index in [1.807, 2.05) is 32.9 Å². The lowest BCUT2D eigenvalue weighted by molar-refractivity contribution is 0.528. The molecule has 0 saturated heterocycles. The Bertz CT molecular complexity index is 701. The van der Waals surface area contributed by atoms with Crippen LogP contribution >= 0.6 is 0 Å². The van der Waals surface area contributed by atoms with Crippen molar-refractivity contribution in [2.75, 3.05) is 4.72 Å². The van der Waals surface area contributed by atoms with Gasteiger partial charge in [0.25, 0.3) is 10.0 Å². The minimum absolute atomic E-state index is 0.122. The van der Waals surface area contributed by atoms with Crippen LogP contribution in [0.15, 0.2) is 35.4 Å². The first kappa shape index (κ1) is 14.6. The van der Waals surface area contributed by atoms with Crippen LogP contribution in [0.5, 0.6) is 0 Å². The molecule has 0 fully saturated rings. The minimum Gasteiger partial charge on any atom is -0.280 e. The second-order valence-electron chi connectivity index (χ2n) is 5.12. The second-order valence-corrected chi connectivity index (χ2v) is 6.77. The van der Waals surface area contributed by atoms with Crippen LogP contribution in [0, 0.1) is 13.8 Å². The van der Waals surface area contributed by atoms with Crippen molar-refractivity contribution in [3.8, 4) is 0 Å². The molecule has 0 bridgehead atoms. The number of sulfonamides is 1. The van der Waals surface area contributed by atoms with Crippen LogP contribution in [0.3, 0.4) is 0 Å². The molecule has 0 radical (unpaired) electrons. The van der Waals surface area contributed by atoms with Gasteiger partial charge in [-0.2, -0.15) is 5.10 Å². The summed E-state index contributed by atoms with van der Waals surface area (Å²) in [6.45, 7) is 7.56. The van der Waals surface area contributed by atoms with Crippen LogP contribution < -0.4 is 4.72 Å². The molecule has 1 aromatic carbocycles. The monoisotopic (exact) mass is 293 g/mol. The molecule has 2 aromatic rings. The van der Waals surface area contributed by atoms with Crippen molar-refractivity contribution in [1.29, 1.82) is 0 Å². The Hall–Kier alpha value is -1.82.